The zero-order valence-corrected chi connectivity index (χ0v) is 13.0. The second kappa shape index (κ2) is 6.82. The van der Waals surface area contributed by atoms with Crippen molar-refractivity contribution in [1.82, 2.24) is 4.90 Å². The fraction of sp³-hybridized carbons (Fsp3) is 0.600. The van der Waals surface area contributed by atoms with Crippen molar-refractivity contribution in [3.8, 4) is 0 Å². The Bertz CT molecular complexity index is 419. The Morgan fingerprint density at radius 1 is 1.37 bits per heavy atom. The zero-order chi connectivity index (χ0) is 13.8. The van der Waals surface area contributed by atoms with Gasteiger partial charge in [0.1, 0.15) is 5.82 Å². The molecule has 0 aliphatic heterocycles. The number of nitrogens with zero attached hydrogens (tertiary/aromatic N) is 1. The number of nitrogens with two attached hydrogens (primary N) is 1. The second-order valence-corrected chi connectivity index (χ2v) is 6.23. The molecule has 2 N–H and O–H groups in total. The minimum atomic E-state index is -0.200. The van der Waals surface area contributed by atoms with Crippen molar-refractivity contribution >= 4 is 15.9 Å². The van der Waals surface area contributed by atoms with Gasteiger partial charge in [-0.05, 0) is 43.7 Å². The first-order chi connectivity index (χ1) is 9.13. The van der Waals surface area contributed by atoms with Gasteiger partial charge < -0.3 is 5.73 Å². The quantitative estimate of drug-likeness (QED) is 0.909. The summed E-state index contributed by atoms with van der Waals surface area (Å²) in [5.74, 6) is -0.200. The van der Waals surface area contributed by atoms with Gasteiger partial charge in [-0.3, -0.25) is 4.90 Å². The molecular formula is C15H22BrFN2. The summed E-state index contributed by atoms with van der Waals surface area (Å²) < 4.78 is 14.4. The second-order valence-electron chi connectivity index (χ2n) is 5.37. The van der Waals surface area contributed by atoms with Gasteiger partial charge in [0.25, 0.3) is 0 Å². The van der Waals surface area contributed by atoms with Crippen LogP contribution in [0, 0.1) is 5.82 Å². The summed E-state index contributed by atoms with van der Waals surface area (Å²) in [6.45, 7) is 0.509. The number of hydrogen-bond acceptors (Lipinski definition) is 2. The lowest BCUT2D eigenvalue weighted by molar-refractivity contribution is 0.140. The van der Waals surface area contributed by atoms with Gasteiger partial charge in [0.2, 0.25) is 0 Å². The first-order valence-electron chi connectivity index (χ1n) is 7.00. The van der Waals surface area contributed by atoms with Crippen molar-refractivity contribution in [3.05, 3.63) is 34.1 Å². The van der Waals surface area contributed by atoms with Crippen molar-refractivity contribution in [2.45, 2.75) is 44.2 Å². The predicted molar refractivity (Wildman–Crippen MR) is 80.5 cm³/mol. The molecule has 2 nitrogen and oxygen atoms in total. The van der Waals surface area contributed by atoms with Crippen LogP contribution in [0.1, 0.15) is 43.7 Å². The van der Waals surface area contributed by atoms with Crippen LogP contribution in [-0.2, 0) is 0 Å². The van der Waals surface area contributed by atoms with Crippen molar-refractivity contribution in [2.75, 3.05) is 13.6 Å². The Kier molecular flexibility index (Phi) is 5.37. The molecule has 1 aromatic rings. The van der Waals surface area contributed by atoms with Crippen molar-refractivity contribution in [3.63, 3.8) is 0 Å². The lowest BCUT2D eigenvalue weighted by atomic mass is 9.92. The van der Waals surface area contributed by atoms with Crippen LogP contribution in [0.2, 0.25) is 0 Å². The monoisotopic (exact) mass is 328 g/mol. The van der Waals surface area contributed by atoms with Gasteiger partial charge in [-0.15, -0.1) is 0 Å². The molecule has 1 atom stereocenters. The highest BCUT2D eigenvalue weighted by molar-refractivity contribution is 9.10. The van der Waals surface area contributed by atoms with E-state index in [-0.39, 0.29) is 11.9 Å². The normalized spacial score (nSPS) is 18.8. The highest BCUT2D eigenvalue weighted by Gasteiger charge is 2.26. The molecule has 4 heteroatoms. The number of rotatable bonds is 4. The fourth-order valence-corrected chi connectivity index (χ4v) is 3.54. The minimum absolute atomic E-state index is 0.0770. The Morgan fingerprint density at radius 3 is 2.68 bits per heavy atom. The molecule has 0 amide bonds. The molecule has 1 aromatic carbocycles. The number of likely N-dealkylation sites (N-methyl/N-ethyl adjacent to an activating group) is 1. The van der Waals surface area contributed by atoms with Crippen molar-refractivity contribution < 1.29 is 4.39 Å². The maximum Gasteiger partial charge on any atom is 0.123 e. The van der Waals surface area contributed by atoms with Gasteiger partial charge in [-0.25, -0.2) is 4.39 Å². The Hall–Kier alpha value is -0.450. The van der Waals surface area contributed by atoms with Gasteiger partial charge >= 0.3 is 0 Å². The summed E-state index contributed by atoms with van der Waals surface area (Å²) in [7, 11) is 2.12. The van der Waals surface area contributed by atoms with E-state index in [9.17, 15) is 4.39 Å². The van der Waals surface area contributed by atoms with E-state index in [0.717, 1.165) is 10.0 Å². The van der Waals surface area contributed by atoms with E-state index in [1.807, 2.05) is 0 Å². The maximum atomic E-state index is 13.5. The van der Waals surface area contributed by atoms with E-state index in [1.54, 1.807) is 12.1 Å². The molecule has 0 heterocycles. The molecule has 1 aliphatic carbocycles. The van der Waals surface area contributed by atoms with E-state index >= 15 is 0 Å². The average molecular weight is 329 g/mol. The van der Waals surface area contributed by atoms with E-state index in [2.05, 4.69) is 27.9 Å². The molecule has 0 saturated heterocycles. The topological polar surface area (TPSA) is 29.3 Å². The van der Waals surface area contributed by atoms with Crippen LogP contribution in [0.4, 0.5) is 4.39 Å². The van der Waals surface area contributed by atoms with Crippen LogP contribution in [-0.4, -0.2) is 24.5 Å². The minimum Gasteiger partial charge on any atom is -0.329 e. The van der Waals surface area contributed by atoms with Gasteiger partial charge in [-0.2, -0.15) is 0 Å². The Balaban J connectivity index is 2.20. The molecule has 1 unspecified atom stereocenters. The van der Waals surface area contributed by atoms with Crippen LogP contribution in [0.5, 0.6) is 0 Å². The smallest absolute Gasteiger partial charge is 0.123 e. The molecule has 1 aliphatic rings. The largest absolute Gasteiger partial charge is 0.329 e. The molecule has 0 aromatic heterocycles. The molecule has 0 radical (unpaired) electrons. The summed E-state index contributed by atoms with van der Waals surface area (Å²) in [5, 5.41) is 0. The molecule has 1 saturated carbocycles. The average Bonchev–Trinajstić information content (AvgIpc) is 2.44. The van der Waals surface area contributed by atoms with E-state index in [4.69, 9.17) is 5.73 Å². The number of benzene rings is 1. The first kappa shape index (κ1) is 14.9. The zero-order valence-electron chi connectivity index (χ0n) is 11.4. The molecule has 0 spiro atoms. The maximum absolute atomic E-state index is 13.5. The van der Waals surface area contributed by atoms with Crippen LogP contribution < -0.4 is 5.73 Å². The predicted octanol–water partition coefficient (Wildman–Crippen LogP) is 3.85. The van der Waals surface area contributed by atoms with Gasteiger partial charge in [0.05, 0.1) is 0 Å². The van der Waals surface area contributed by atoms with Crippen LogP contribution >= 0.6 is 15.9 Å². The Labute approximate surface area is 123 Å². The molecule has 106 valence electrons. The Morgan fingerprint density at radius 2 is 2.05 bits per heavy atom. The molecule has 19 heavy (non-hydrogen) atoms. The number of hydrogen-bond donors (Lipinski definition) is 1. The molecular weight excluding hydrogens is 307 g/mol. The highest BCUT2D eigenvalue weighted by Crippen LogP contribution is 2.32. The van der Waals surface area contributed by atoms with Crippen LogP contribution in [0.15, 0.2) is 22.7 Å². The van der Waals surface area contributed by atoms with E-state index < -0.39 is 0 Å². The summed E-state index contributed by atoms with van der Waals surface area (Å²) in [6.07, 6.45) is 6.36. The number of halogens is 2. The summed E-state index contributed by atoms with van der Waals surface area (Å²) >= 11 is 3.52. The third-order valence-corrected chi connectivity index (χ3v) is 4.90. The SMILES string of the molecule is CN(C1CCCCC1)C(CN)c1cc(F)ccc1Br. The molecule has 2 rings (SSSR count). The van der Waals surface area contributed by atoms with Crippen LogP contribution in [0.25, 0.3) is 0 Å². The van der Waals surface area contributed by atoms with Gasteiger partial charge in [-0.1, -0.05) is 35.2 Å². The van der Waals surface area contributed by atoms with Crippen molar-refractivity contribution in [2.24, 2.45) is 5.73 Å². The third-order valence-electron chi connectivity index (χ3n) is 4.18. The highest BCUT2D eigenvalue weighted by atomic mass is 79.9. The summed E-state index contributed by atoms with van der Waals surface area (Å²) in [6, 6.07) is 5.48. The molecule has 0 bridgehead atoms. The standard InChI is InChI=1S/C15H22BrFN2/c1-19(12-5-3-2-4-6-12)15(10-18)13-9-11(17)7-8-14(13)16/h7-9,12,15H,2-6,10,18H2,1H3. The van der Waals surface area contributed by atoms with Gasteiger partial charge in [0.15, 0.2) is 0 Å². The lowest BCUT2D eigenvalue weighted by Gasteiger charge is -2.37. The van der Waals surface area contributed by atoms with Gasteiger partial charge in [0, 0.05) is 23.1 Å². The van der Waals surface area contributed by atoms with E-state index in [1.165, 1.54) is 38.2 Å². The van der Waals surface area contributed by atoms with Crippen molar-refractivity contribution in [1.29, 1.82) is 0 Å². The first-order valence-corrected chi connectivity index (χ1v) is 7.79. The fourth-order valence-electron chi connectivity index (χ4n) is 3.03. The third kappa shape index (κ3) is 3.56. The lowest BCUT2D eigenvalue weighted by Crippen LogP contribution is -2.39. The van der Waals surface area contributed by atoms with E-state index in [0.29, 0.717) is 12.6 Å². The summed E-state index contributed by atoms with van der Waals surface area (Å²) in [5.41, 5.74) is 6.90. The van der Waals surface area contributed by atoms with Crippen LogP contribution in [0.3, 0.4) is 0 Å². The summed E-state index contributed by atoms with van der Waals surface area (Å²) in [4.78, 5) is 2.33. The molecule has 1 fully saturated rings.